The van der Waals surface area contributed by atoms with Crippen molar-refractivity contribution in [2.45, 2.75) is 56.4 Å². The molecule has 202 valence electrons. The number of benzene rings is 2. The van der Waals surface area contributed by atoms with Gasteiger partial charge in [-0.2, -0.15) is 0 Å². The monoisotopic (exact) mass is 562 g/mol. The van der Waals surface area contributed by atoms with E-state index < -0.39 is 17.7 Å². The highest BCUT2D eigenvalue weighted by Gasteiger charge is 2.55. The maximum atomic E-state index is 12.8. The summed E-state index contributed by atoms with van der Waals surface area (Å²) in [5, 5.41) is 6.22. The van der Waals surface area contributed by atoms with Crippen LogP contribution in [0.15, 0.2) is 84.1 Å². The molecule has 0 bridgehead atoms. The van der Waals surface area contributed by atoms with Crippen LogP contribution in [-0.4, -0.2) is 33.7 Å². The third-order valence-corrected chi connectivity index (χ3v) is 8.38. The van der Waals surface area contributed by atoms with Gasteiger partial charge in [0.25, 0.3) is 0 Å². The Kier molecular flexibility index (Phi) is 8.85. The Balaban J connectivity index is 1.25. The number of nitrogens with zero attached hydrogens (tertiary/aromatic N) is 2. The van der Waals surface area contributed by atoms with E-state index in [-0.39, 0.29) is 25.2 Å². The Hall–Kier alpha value is -3.76. The maximum absolute atomic E-state index is 12.8. The van der Waals surface area contributed by atoms with Gasteiger partial charge in [-0.15, -0.1) is 22.7 Å². The van der Waals surface area contributed by atoms with Crippen molar-refractivity contribution in [1.29, 1.82) is 0 Å². The van der Waals surface area contributed by atoms with E-state index in [1.165, 1.54) is 28.2 Å². The molecule has 1 aliphatic carbocycles. The molecule has 1 unspecified atom stereocenters. The van der Waals surface area contributed by atoms with Crippen LogP contribution in [0.2, 0.25) is 0 Å². The number of carbonyl (C=O) groups excluding carboxylic acids is 2. The Morgan fingerprint density at radius 2 is 1.51 bits per heavy atom. The zero-order valence-electron chi connectivity index (χ0n) is 21.3. The van der Waals surface area contributed by atoms with Crippen LogP contribution in [0.1, 0.15) is 46.1 Å². The van der Waals surface area contributed by atoms with Crippen molar-refractivity contribution in [1.82, 2.24) is 20.6 Å². The summed E-state index contributed by atoms with van der Waals surface area (Å²) in [6.45, 7) is 0.369. The van der Waals surface area contributed by atoms with Crippen LogP contribution in [0.3, 0.4) is 0 Å². The van der Waals surface area contributed by atoms with Gasteiger partial charge in [-0.1, -0.05) is 60.7 Å². The summed E-state index contributed by atoms with van der Waals surface area (Å²) in [4.78, 5) is 35.4. The average Bonchev–Trinajstić information content (AvgIpc) is 3.32. The summed E-state index contributed by atoms with van der Waals surface area (Å²) in [5.41, 5.74) is 5.27. The van der Waals surface area contributed by atoms with Crippen molar-refractivity contribution >= 4 is 34.9 Å². The molecule has 1 fully saturated rings. The van der Waals surface area contributed by atoms with Crippen LogP contribution in [0.25, 0.3) is 0 Å². The molecule has 0 aliphatic heterocycles. The number of aromatic nitrogens is 2. The molecule has 2 aromatic heterocycles. The number of thiazole rings is 2. The molecular weight excluding hydrogens is 532 g/mol. The standard InChI is InChI=1S/C29H30N4O4S2/c34-27(36-17-24-15-30-19-38-24)32-23(13-21-7-3-1-4-8-21)11-12-29(14-26(29)22-9-5-2-6-10-22)33-28(35)37-18-25-16-31-20-39-25/h1-10,15-16,19-20,23,26H,11-14,17-18H2,(H,32,34)(H,33,35)/t23-,26?,29+/m1/s1. The first-order valence-corrected chi connectivity index (χ1v) is 14.6. The predicted octanol–water partition coefficient (Wildman–Crippen LogP) is 6.07. The largest absolute Gasteiger partial charge is 0.444 e. The van der Waals surface area contributed by atoms with Crippen LogP contribution in [-0.2, 0) is 29.1 Å². The average molecular weight is 563 g/mol. The molecule has 0 radical (unpaired) electrons. The number of rotatable bonds is 12. The van der Waals surface area contributed by atoms with E-state index in [4.69, 9.17) is 9.47 Å². The molecule has 39 heavy (non-hydrogen) atoms. The molecule has 2 heterocycles. The Morgan fingerprint density at radius 1 is 0.897 bits per heavy atom. The molecule has 1 aliphatic rings. The van der Waals surface area contributed by atoms with Gasteiger partial charge in [-0.25, -0.2) is 9.59 Å². The Morgan fingerprint density at radius 3 is 2.13 bits per heavy atom. The van der Waals surface area contributed by atoms with Crippen molar-refractivity contribution in [3.63, 3.8) is 0 Å². The lowest BCUT2D eigenvalue weighted by molar-refractivity contribution is 0.130. The number of nitrogens with one attached hydrogen (secondary N) is 2. The van der Waals surface area contributed by atoms with E-state index in [2.05, 4.69) is 32.7 Å². The molecule has 2 aromatic carbocycles. The van der Waals surface area contributed by atoms with E-state index in [9.17, 15) is 9.59 Å². The second kappa shape index (κ2) is 12.9. The van der Waals surface area contributed by atoms with Crippen molar-refractivity contribution in [3.05, 3.63) is 105 Å². The van der Waals surface area contributed by atoms with E-state index in [1.807, 2.05) is 48.5 Å². The second-order valence-corrected chi connectivity index (χ2v) is 11.5. The smallest absolute Gasteiger partial charge is 0.407 e. The first kappa shape index (κ1) is 26.8. The summed E-state index contributed by atoms with van der Waals surface area (Å²) in [7, 11) is 0. The molecule has 5 rings (SSSR count). The SMILES string of the molecule is O=C(N[C@H](CC[C@]1(NC(=O)OCc2cncs2)CC1c1ccccc1)Cc1ccccc1)OCc1cncs1. The zero-order valence-corrected chi connectivity index (χ0v) is 23.0. The van der Waals surface area contributed by atoms with Gasteiger partial charge in [0, 0.05) is 24.4 Å². The van der Waals surface area contributed by atoms with E-state index >= 15 is 0 Å². The molecule has 0 spiro atoms. The Bertz CT molecular complexity index is 1320. The van der Waals surface area contributed by atoms with Crippen molar-refractivity contribution in [3.8, 4) is 0 Å². The molecular formula is C29H30N4O4S2. The number of alkyl carbamates (subject to hydrolysis) is 2. The highest BCUT2D eigenvalue weighted by atomic mass is 32.1. The van der Waals surface area contributed by atoms with Gasteiger partial charge < -0.3 is 20.1 Å². The third-order valence-electron chi connectivity index (χ3n) is 6.87. The molecule has 4 aromatic rings. The lowest BCUT2D eigenvalue weighted by atomic mass is 9.96. The number of hydrogen-bond donors (Lipinski definition) is 2. The molecule has 3 atom stereocenters. The van der Waals surface area contributed by atoms with Gasteiger partial charge in [0.15, 0.2) is 0 Å². The van der Waals surface area contributed by atoms with Crippen LogP contribution in [0.4, 0.5) is 9.59 Å². The lowest BCUT2D eigenvalue weighted by Gasteiger charge is -2.24. The minimum absolute atomic E-state index is 0.172. The summed E-state index contributed by atoms with van der Waals surface area (Å²) >= 11 is 2.89. The van der Waals surface area contributed by atoms with Gasteiger partial charge in [-0.3, -0.25) is 9.97 Å². The van der Waals surface area contributed by atoms with E-state index in [0.29, 0.717) is 19.3 Å². The first-order valence-electron chi connectivity index (χ1n) is 12.8. The second-order valence-electron chi connectivity index (χ2n) is 9.61. The fraction of sp³-hybridized carbons (Fsp3) is 0.310. The zero-order chi connectivity index (χ0) is 26.9. The highest BCUT2D eigenvalue weighted by molar-refractivity contribution is 7.09. The van der Waals surface area contributed by atoms with Gasteiger partial charge in [0.05, 0.1) is 26.3 Å². The van der Waals surface area contributed by atoms with Crippen molar-refractivity contribution in [2.75, 3.05) is 0 Å². The normalized spacial score (nSPS) is 18.6. The topological polar surface area (TPSA) is 102 Å². The number of hydrogen-bond acceptors (Lipinski definition) is 8. The summed E-state index contributed by atoms with van der Waals surface area (Å²) < 4.78 is 11.0. The molecule has 8 nitrogen and oxygen atoms in total. The van der Waals surface area contributed by atoms with E-state index in [0.717, 1.165) is 21.7 Å². The fourth-order valence-electron chi connectivity index (χ4n) is 4.81. The van der Waals surface area contributed by atoms with Crippen LogP contribution >= 0.6 is 22.7 Å². The molecule has 2 amide bonds. The fourth-order valence-corrected chi connectivity index (χ4v) is 5.82. The van der Waals surface area contributed by atoms with Crippen LogP contribution in [0.5, 0.6) is 0 Å². The van der Waals surface area contributed by atoms with Crippen molar-refractivity contribution < 1.29 is 19.1 Å². The number of ether oxygens (including phenoxy) is 2. The predicted molar refractivity (Wildman–Crippen MR) is 151 cm³/mol. The van der Waals surface area contributed by atoms with E-state index in [1.54, 1.807) is 23.4 Å². The summed E-state index contributed by atoms with van der Waals surface area (Å²) in [6, 6.07) is 20.1. The number of carbonyl (C=O) groups is 2. The van der Waals surface area contributed by atoms with Gasteiger partial charge in [-0.05, 0) is 36.8 Å². The lowest BCUT2D eigenvalue weighted by Crippen LogP contribution is -2.42. The molecule has 10 heteroatoms. The van der Waals surface area contributed by atoms with Crippen LogP contribution < -0.4 is 10.6 Å². The number of amides is 2. The summed E-state index contributed by atoms with van der Waals surface area (Å²) in [6.07, 6.45) is 5.27. The first-order chi connectivity index (χ1) is 19.1. The van der Waals surface area contributed by atoms with Gasteiger partial charge in [0.1, 0.15) is 13.2 Å². The molecule has 2 N–H and O–H groups in total. The molecule has 1 saturated carbocycles. The highest BCUT2D eigenvalue weighted by Crippen LogP contribution is 2.54. The molecule has 0 saturated heterocycles. The maximum Gasteiger partial charge on any atom is 0.407 e. The minimum Gasteiger partial charge on any atom is -0.444 e. The van der Waals surface area contributed by atoms with Crippen LogP contribution in [0, 0.1) is 0 Å². The third kappa shape index (κ3) is 7.64. The van der Waals surface area contributed by atoms with Gasteiger partial charge in [0.2, 0.25) is 0 Å². The Labute approximate surface area is 235 Å². The van der Waals surface area contributed by atoms with Gasteiger partial charge >= 0.3 is 12.2 Å². The minimum atomic E-state index is -0.467. The quantitative estimate of drug-likeness (QED) is 0.217. The summed E-state index contributed by atoms with van der Waals surface area (Å²) in [5.74, 6) is 0.172. The van der Waals surface area contributed by atoms with Crippen molar-refractivity contribution in [2.24, 2.45) is 0 Å².